The predicted molar refractivity (Wildman–Crippen MR) is 111 cm³/mol. The third kappa shape index (κ3) is 4.51. The van der Waals surface area contributed by atoms with Gasteiger partial charge >= 0.3 is 0 Å². The number of nitrogens with one attached hydrogen (secondary N) is 1. The van der Waals surface area contributed by atoms with E-state index in [9.17, 15) is 14.0 Å². The van der Waals surface area contributed by atoms with E-state index in [4.69, 9.17) is 0 Å². The van der Waals surface area contributed by atoms with Gasteiger partial charge in [-0.1, -0.05) is 28.1 Å². The normalized spacial score (nSPS) is 15.6. The van der Waals surface area contributed by atoms with Crippen molar-refractivity contribution < 1.29 is 14.0 Å². The zero-order valence-corrected chi connectivity index (χ0v) is 17.1. The monoisotopic (exact) mass is 449 g/mol. The van der Waals surface area contributed by atoms with Crippen LogP contribution in [0.5, 0.6) is 0 Å². The van der Waals surface area contributed by atoms with Crippen molar-refractivity contribution >= 4 is 56.3 Å². The maximum atomic E-state index is 13.9. The number of imide groups is 1. The standard InChI is InChI=1S/C19H17BrFN3O2S/c1-23(2)14-6-3-12(4-7-14)9-17-18(25)24(19(26)27-17)11-22-16-8-5-13(20)10-15(16)21/h3-10,22H,11H2,1-2H3/b17-9+. The van der Waals surface area contributed by atoms with Crippen LogP contribution in [0.15, 0.2) is 51.8 Å². The molecule has 1 heterocycles. The van der Waals surface area contributed by atoms with Crippen molar-refractivity contribution in [3.05, 3.63) is 63.2 Å². The second-order valence-corrected chi connectivity index (χ2v) is 7.96. The summed E-state index contributed by atoms with van der Waals surface area (Å²) in [7, 11) is 3.89. The Bertz CT molecular complexity index is 916. The smallest absolute Gasteiger partial charge is 0.295 e. The van der Waals surface area contributed by atoms with Gasteiger partial charge < -0.3 is 10.2 Å². The Morgan fingerprint density at radius 2 is 1.89 bits per heavy atom. The highest BCUT2D eigenvalue weighted by molar-refractivity contribution is 9.10. The Balaban J connectivity index is 1.70. The zero-order valence-electron chi connectivity index (χ0n) is 14.7. The Hall–Kier alpha value is -2.32. The maximum Gasteiger partial charge on any atom is 0.295 e. The van der Waals surface area contributed by atoms with E-state index in [1.807, 2.05) is 43.3 Å². The summed E-state index contributed by atoms with van der Waals surface area (Å²) in [5, 5.41) is 2.40. The van der Waals surface area contributed by atoms with E-state index in [2.05, 4.69) is 21.2 Å². The van der Waals surface area contributed by atoms with Crippen LogP contribution in [0.1, 0.15) is 5.56 Å². The van der Waals surface area contributed by atoms with Crippen LogP contribution in [-0.2, 0) is 4.79 Å². The molecule has 1 aliphatic heterocycles. The molecule has 27 heavy (non-hydrogen) atoms. The van der Waals surface area contributed by atoms with Crippen molar-refractivity contribution in [2.24, 2.45) is 0 Å². The average molecular weight is 450 g/mol. The number of hydrogen-bond acceptors (Lipinski definition) is 5. The highest BCUT2D eigenvalue weighted by Crippen LogP contribution is 2.32. The largest absolute Gasteiger partial charge is 0.378 e. The molecule has 2 aromatic rings. The first-order chi connectivity index (χ1) is 12.8. The molecule has 0 unspecified atom stereocenters. The first-order valence-corrected chi connectivity index (χ1v) is 9.68. The molecule has 1 fully saturated rings. The van der Waals surface area contributed by atoms with E-state index in [0.29, 0.717) is 9.38 Å². The highest BCUT2D eigenvalue weighted by atomic mass is 79.9. The van der Waals surface area contributed by atoms with Crippen LogP contribution in [0.25, 0.3) is 6.08 Å². The summed E-state index contributed by atoms with van der Waals surface area (Å²) in [6.45, 7) is -0.0971. The van der Waals surface area contributed by atoms with Crippen LogP contribution in [0, 0.1) is 5.82 Å². The lowest BCUT2D eigenvalue weighted by molar-refractivity contribution is -0.122. The Morgan fingerprint density at radius 3 is 2.52 bits per heavy atom. The molecule has 8 heteroatoms. The second-order valence-electron chi connectivity index (χ2n) is 6.05. The van der Waals surface area contributed by atoms with Gasteiger partial charge in [0.2, 0.25) is 0 Å². The van der Waals surface area contributed by atoms with E-state index < -0.39 is 11.7 Å². The molecule has 0 radical (unpaired) electrons. The van der Waals surface area contributed by atoms with Crippen molar-refractivity contribution in [3.8, 4) is 0 Å². The van der Waals surface area contributed by atoms with E-state index in [1.54, 1.807) is 18.2 Å². The van der Waals surface area contributed by atoms with Gasteiger partial charge in [-0.25, -0.2) is 4.39 Å². The van der Waals surface area contributed by atoms with Crippen LogP contribution in [0.2, 0.25) is 0 Å². The van der Waals surface area contributed by atoms with E-state index in [0.717, 1.165) is 27.9 Å². The first kappa shape index (κ1) is 19.4. The molecule has 0 spiro atoms. The minimum atomic E-state index is -0.465. The van der Waals surface area contributed by atoms with Gasteiger partial charge in [-0.05, 0) is 53.7 Å². The quantitative estimate of drug-likeness (QED) is 0.666. The summed E-state index contributed by atoms with van der Waals surface area (Å²) >= 11 is 4.06. The number of nitrogens with zero attached hydrogens (tertiary/aromatic N) is 2. The van der Waals surface area contributed by atoms with E-state index >= 15 is 0 Å². The summed E-state index contributed by atoms with van der Waals surface area (Å²) in [6.07, 6.45) is 1.69. The van der Waals surface area contributed by atoms with Gasteiger partial charge in [0.1, 0.15) is 5.82 Å². The lowest BCUT2D eigenvalue weighted by atomic mass is 10.2. The molecule has 0 bridgehead atoms. The highest BCUT2D eigenvalue weighted by Gasteiger charge is 2.34. The summed E-state index contributed by atoms with van der Waals surface area (Å²) in [6, 6.07) is 12.2. The van der Waals surface area contributed by atoms with Crippen molar-refractivity contribution in [2.45, 2.75) is 0 Å². The third-order valence-electron chi connectivity index (χ3n) is 3.94. The number of thioether (sulfide) groups is 1. The van der Waals surface area contributed by atoms with E-state index in [1.165, 1.54) is 6.07 Å². The molecular formula is C19H17BrFN3O2S. The average Bonchev–Trinajstić information content (AvgIpc) is 2.88. The van der Waals surface area contributed by atoms with Gasteiger partial charge in [0.25, 0.3) is 11.1 Å². The SMILES string of the molecule is CN(C)c1ccc(/C=C2/SC(=O)N(CNc3ccc(Br)cc3F)C2=O)cc1. The van der Waals surface area contributed by atoms with Gasteiger partial charge in [-0.15, -0.1) is 0 Å². The van der Waals surface area contributed by atoms with Gasteiger partial charge in [0.15, 0.2) is 0 Å². The molecule has 0 saturated carbocycles. The molecule has 0 atom stereocenters. The number of carbonyl (C=O) groups is 2. The molecule has 2 amide bonds. The molecule has 1 N–H and O–H groups in total. The van der Waals surface area contributed by atoms with Gasteiger partial charge in [0.05, 0.1) is 17.3 Å². The molecule has 1 aliphatic rings. The number of anilines is 2. The zero-order chi connectivity index (χ0) is 19.6. The minimum absolute atomic E-state index is 0.0971. The lowest BCUT2D eigenvalue weighted by Crippen LogP contribution is -2.33. The first-order valence-electron chi connectivity index (χ1n) is 8.07. The second kappa shape index (κ2) is 8.14. The molecular weight excluding hydrogens is 433 g/mol. The van der Waals surface area contributed by atoms with Crippen molar-refractivity contribution in [1.29, 1.82) is 0 Å². The Kier molecular flexibility index (Phi) is 5.86. The van der Waals surface area contributed by atoms with Crippen molar-refractivity contribution in [3.63, 3.8) is 0 Å². The van der Waals surface area contributed by atoms with Crippen LogP contribution in [-0.4, -0.2) is 36.8 Å². The van der Waals surface area contributed by atoms with E-state index in [-0.39, 0.29) is 17.6 Å². The third-order valence-corrected chi connectivity index (χ3v) is 5.34. The molecule has 0 aliphatic carbocycles. The van der Waals surface area contributed by atoms with Gasteiger partial charge in [0, 0.05) is 24.3 Å². The molecule has 2 aromatic carbocycles. The van der Waals surface area contributed by atoms with Gasteiger partial charge in [-0.2, -0.15) is 0 Å². The lowest BCUT2D eigenvalue weighted by Gasteiger charge is -2.15. The van der Waals surface area contributed by atoms with Gasteiger partial charge in [-0.3, -0.25) is 14.5 Å². The van der Waals surface area contributed by atoms with Crippen LogP contribution in [0.4, 0.5) is 20.6 Å². The maximum absolute atomic E-state index is 13.9. The number of rotatable bonds is 5. The summed E-state index contributed by atoms with van der Waals surface area (Å²) < 4.78 is 14.5. The predicted octanol–water partition coefficient (Wildman–Crippen LogP) is 4.76. The molecule has 1 saturated heterocycles. The Morgan fingerprint density at radius 1 is 1.19 bits per heavy atom. The molecule has 0 aromatic heterocycles. The summed E-state index contributed by atoms with van der Waals surface area (Å²) in [4.78, 5) is 28.1. The number of benzene rings is 2. The Labute approximate surface area is 169 Å². The number of hydrogen-bond donors (Lipinski definition) is 1. The number of halogens is 2. The van der Waals surface area contributed by atoms with Crippen LogP contribution >= 0.6 is 27.7 Å². The fraction of sp³-hybridized carbons (Fsp3) is 0.158. The fourth-order valence-corrected chi connectivity index (χ4v) is 3.62. The summed E-state index contributed by atoms with van der Waals surface area (Å²) in [5.41, 5.74) is 2.10. The van der Waals surface area contributed by atoms with Crippen molar-refractivity contribution in [2.75, 3.05) is 31.0 Å². The molecule has 3 rings (SSSR count). The van der Waals surface area contributed by atoms with Crippen LogP contribution < -0.4 is 10.2 Å². The van der Waals surface area contributed by atoms with Crippen LogP contribution in [0.3, 0.4) is 0 Å². The number of amides is 2. The topological polar surface area (TPSA) is 52.7 Å². The fourth-order valence-electron chi connectivity index (χ4n) is 2.45. The molecule has 140 valence electrons. The summed E-state index contributed by atoms with van der Waals surface area (Å²) in [5.74, 6) is -0.862. The minimum Gasteiger partial charge on any atom is -0.378 e. The molecule has 5 nitrogen and oxygen atoms in total. The van der Waals surface area contributed by atoms with Crippen molar-refractivity contribution in [1.82, 2.24) is 4.90 Å². The number of carbonyl (C=O) groups excluding carboxylic acids is 2.